The Hall–Kier alpha value is -2.07. The predicted octanol–water partition coefficient (Wildman–Crippen LogP) is 4.02. The summed E-state index contributed by atoms with van der Waals surface area (Å²) >= 11 is 0. The first-order chi connectivity index (χ1) is 11.2. The van der Waals surface area contributed by atoms with Crippen molar-refractivity contribution >= 4 is 16.7 Å². The van der Waals surface area contributed by atoms with Crippen LogP contribution in [-0.2, 0) is 14.3 Å². The normalized spacial score (nSPS) is 19.3. The molecule has 0 unspecified atom stereocenters. The Morgan fingerprint density at radius 3 is 2.70 bits per heavy atom. The summed E-state index contributed by atoms with van der Waals surface area (Å²) in [4.78, 5) is 12.3. The molecule has 23 heavy (non-hydrogen) atoms. The molecule has 0 saturated carbocycles. The number of methoxy groups -OCH3 is 1. The van der Waals surface area contributed by atoms with Crippen LogP contribution >= 0.6 is 0 Å². The highest BCUT2D eigenvalue weighted by atomic mass is 16.7. The van der Waals surface area contributed by atoms with E-state index < -0.39 is 0 Å². The van der Waals surface area contributed by atoms with Gasteiger partial charge in [-0.2, -0.15) is 0 Å². The quantitative estimate of drug-likeness (QED) is 0.800. The Balaban J connectivity index is 1.74. The van der Waals surface area contributed by atoms with E-state index in [9.17, 15) is 4.79 Å². The summed E-state index contributed by atoms with van der Waals surface area (Å²) in [6.07, 6.45) is 2.49. The lowest BCUT2D eigenvalue weighted by Crippen LogP contribution is -2.27. The van der Waals surface area contributed by atoms with Crippen molar-refractivity contribution in [2.24, 2.45) is 0 Å². The van der Waals surface area contributed by atoms with Gasteiger partial charge in [0.2, 0.25) is 6.29 Å². The number of ether oxygens (including phenoxy) is 3. The Kier molecular flexibility index (Phi) is 4.82. The molecule has 2 aromatic rings. The van der Waals surface area contributed by atoms with Crippen LogP contribution in [0, 0.1) is 0 Å². The number of rotatable bonds is 4. The van der Waals surface area contributed by atoms with Gasteiger partial charge in [0, 0.05) is 6.42 Å². The van der Waals surface area contributed by atoms with Crippen LogP contribution in [0.5, 0.6) is 5.75 Å². The van der Waals surface area contributed by atoms with Crippen molar-refractivity contribution in [3.63, 3.8) is 0 Å². The summed E-state index contributed by atoms with van der Waals surface area (Å²) in [7, 11) is 1.65. The lowest BCUT2D eigenvalue weighted by molar-refractivity contribution is -0.188. The predicted molar refractivity (Wildman–Crippen MR) is 88.6 cm³/mol. The Labute approximate surface area is 136 Å². The lowest BCUT2D eigenvalue weighted by atomic mass is 9.98. The zero-order chi connectivity index (χ0) is 16.2. The van der Waals surface area contributed by atoms with E-state index in [0.29, 0.717) is 6.61 Å². The first kappa shape index (κ1) is 15.8. The van der Waals surface area contributed by atoms with E-state index >= 15 is 0 Å². The molecule has 3 rings (SSSR count). The van der Waals surface area contributed by atoms with E-state index in [4.69, 9.17) is 14.2 Å². The first-order valence-electron chi connectivity index (χ1n) is 8.07. The summed E-state index contributed by atoms with van der Waals surface area (Å²) in [5, 5.41) is 2.17. The van der Waals surface area contributed by atoms with Crippen molar-refractivity contribution in [3.05, 3.63) is 42.0 Å². The van der Waals surface area contributed by atoms with Gasteiger partial charge in [-0.1, -0.05) is 24.3 Å². The van der Waals surface area contributed by atoms with Crippen LogP contribution in [0.25, 0.3) is 10.8 Å². The van der Waals surface area contributed by atoms with E-state index in [1.165, 1.54) is 0 Å². The molecule has 0 spiro atoms. The number of esters is 1. The third kappa shape index (κ3) is 3.64. The summed E-state index contributed by atoms with van der Waals surface area (Å²) in [6, 6.07) is 11.9. The number of benzene rings is 2. The second-order valence-corrected chi connectivity index (χ2v) is 5.93. The molecular weight excluding hydrogens is 292 g/mol. The number of hydrogen-bond acceptors (Lipinski definition) is 4. The van der Waals surface area contributed by atoms with Gasteiger partial charge in [0.25, 0.3) is 0 Å². The lowest BCUT2D eigenvalue weighted by Gasteiger charge is -2.24. The molecule has 0 N–H and O–H groups in total. The molecule has 1 heterocycles. The third-order valence-corrected chi connectivity index (χ3v) is 4.31. The third-order valence-electron chi connectivity index (χ3n) is 4.31. The molecule has 0 aliphatic carbocycles. The maximum atomic E-state index is 12.3. The Bertz CT molecular complexity index is 689. The summed E-state index contributed by atoms with van der Waals surface area (Å²) < 4.78 is 16.2. The number of hydrogen-bond donors (Lipinski definition) is 0. The standard InChI is InChI=1S/C19H22O4/c1-13(19(20)23-18-5-3-4-10-22-18)14-6-7-16-12-17(21-2)9-8-15(16)11-14/h6-9,11-13,18H,3-5,10H2,1-2H3/t13-,18+/m0/s1. The number of carbonyl (C=O) groups excluding carboxylic acids is 1. The molecule has 2 aromatic carbocycles. The van der Waals surface area contributed by atoms with Gasteiger partial charge < -0.3 is 14.2 Å². The minimum absolute atomic E-state index is 0.232. The fourth-order valence-electron chi connectivity index (χ4n) is 2.81. The van der Waals surface area contributed by atoms with Crippen molar-refractivity contribution in [2.45, 2.75) is 38.4 Å². The zero-order valence-electron chi connectivity index (χ0n) is 13.6. The molecule has 1 aliphatic rings. The molecule has 0 aromatic heterocycles. The van der Waals surface area contributed by atoms with Crippen molar-refractivity contribution in [2.75, 3.05) is 13.7 Å². The highest BCUT2D eigenvalue weighted by molar-refractivity contribution is 5.86. The van der Waals surface area contributed by atoms with E-state index in [2.05, 4.69) is 0 Å². The molecule has 2 atom stereocenters. The van der Waals surface area contributed by atoms with Crippen LogP contribution in [0.3, 0.4) is 0 Å². The van der Waals surface area contributed by atoms with Crippen LogP contribution in [-0.4, -0.2) is 26.0 Å². The maximum absolute atomic E-state index is 12.3. The maximum Gasteiger partial charge on any atom is 0.315 e. The topological polar surface area (TPSA) is 44.8 Å². The first-order valence-corrected chi connectivity index (χ1v) is 8.07. The van der Waals surface area contributed by atoms with Gasteiger partial charge in [-0.15, -0.1) is 0 Å². The highest BCUT2D eigenvalue weighted by Crippen LogP contribution is 2.26. The SMILES string of the molecule is COc1ccc2cc([C@H](C)C(=O)O[C@@H]3CCCCO3)ccc2c1. The van der Waals surface area contributed by atoms with Crippen LogP contribution in [0.15, 0.2) is 36.4 Å². The Morgan fingerprint density at radius 2 is 1.96 bits per heavy atom. The largest absolute Gasteiger partial charge is 0.497 e. The smallest absolute Gasteiger partial charge is 0.315 e. The molecule has 1 saturated heterocycles. The minimum Gasteiger partial charge on any atom is -0.497 e. The van der Waals surface area contributed by atoms with E-state index in [1.54, 1.807) is 7.11 Å². The van der Waals surface area contributed by atoms with Gasteiger partial charge in [0.15, 0.2) is 0 Å². The molecule has 0 amide bonds. The molecule has 1 fully saturated rings. The van der Waals surface area contributed by atoms with Crippen LogP contribution in [0.2, 0.25) is 0 Å². The molecule has 4 heteroatoms. The number of carbonyl (C=O) groups is 1. The van der Waals surface area contributed by atoms with Gasteiger partial charge in [-0.25, -0.2) is 0 Å². The highest BCUT2D eigenvalue weighted by Gasteiger charge is 2.23. The molecule has 0 bridgehead atoms. The zero-order valence-corrected chi connectivity index (χ0v) is 13.6. The summed E-state index contributed by atoms with van der Waals surface area (Å²) in [6.45, 7) is 2.54. The van der Waals surface area contributed by atoms with Gasteiger partial charge in [-0.3, -0.25) is 4.79 Å². The van der Waals surface area contributed by atoms with E-state index in [-0.39, 0.29) is 18.2 Å². The molecule has 0 radical (unpaired) electrons. The van der Waals surface area contributed by atoms with Gasteiger partial charge in [-0.05, 0) is 48.2 Å². The van der Waals surface area contributed by atoms with Gasteiger partial charge in [0.1, 0.15) is 5.75 Å². The van der Waals surface area contributed by atoms with E-state index in [0.717, 1.165) is 41.3 Å². The summed E-state index contributed by atoms with van der Waals surface area (Å²) in [5.74, 6) is 0.281. The fourth-order valence-corrected chi connectivity index (χ4v) is 2.81. The average Bonchev–Trinajstić information content (AvgIpc) is 2.61. The minimum atomic E-state index is -0.386. The van der Waals surface area contributed by atoms with Crippen LogP contribution in [0.1, 0.15) is 37.7 Å². The molecule has 4 nitrogen and oxygen atoms in total. The van der Waals surface area contributed by atoms with Crippen molar-refractivity contribution in [1.29, 1.82) is 0 Å². The van der Waals surface area contributed by atoms with Gasteiger partial charge in [0.05, 0.1) is 19.6 Å². The molecule has 122 valence electrons. The molecule has 1 aliphatic heterocycles. The van der Waals surface area contributed by atoms with Crippen LogP contribution in [0.4, 0.5) is 0 Å². The average molecular weight is 314 g/mol. The second-order valence-electron chi connectivity index (χ2n) is 5.93. The van der Waals surface area contributed by atoms with Gasteiger partial charge >= 0.3 is 5.97 Å². The van der Waals surface area contributed by atoms with Crippen molar-refractivity contribution in [1.82, 2.24) is 0 Å². The summed E-state index contributed by atoms with van der Waals surface area (Å²) in [5.41, 5.74) is 0.948. The van der Waals surface area contributed by atoms with Crippen molar-refractivity contribution in [3.8, 4) is 5.75 Å². The second kappa shape index (κ2) is 7.01. The Morgan fingerprint density at radius 1 is 1.17 bits per heavy atom. The van der Waals surface area contributed by atoms with E-state index in [1.807, 2.05) is 43.3 Å². The fraction of sp³-hybridized carbons (Fsp3) is 0.421. The molecular formula is C19H22O4. The van der Waals surface area contributed by atoms with Crippen molar-refractivity contribution < 1.29 is 19.0 Å². The van der Waals surface area contributed by atoms with Crippen LogP contribution < -0.4 is 4.74 Å². The monoisotopic (exact) mass is 314 g/mol. The number of fused-ring (bicyclic) bond motifs is 1.